The van der Waals surface area contributed by atoms with Crippen molar-refractivity contribution in [2.75, 3.05) is 41.9 Å². The number of nitrogens with zero attached hydrogens (tertiary/aromatic N) is 2. The highest BCUT2D eigenvalue weighted by Gasteiger charge is 2.25. The number of aromatic carboxylic acids is 1. The summed E-state index contributed by atoms with van der Waals surface area (Å²) in [6.07, 6.45) is 5.32. The Hall–Kier alpha value is -4.57. The van der Waals surface area contributed by atoms with Crippen molar-refractivity contribution in [1.82, 2.24) is 5.32 Å². The summed E-state index contributed by atoms with van der Waals surface area (Å²) in [5.41, 5.74) is 1.45. The van der Waals surface area contributed by atoms with E-state index in [1.807, 2.05) is 0 Å². The number of hydrogen-bond acceptors (Lipinski definition) is 5. The first kappa shape index (κ1) is 31.4. The molecule has 0 radical (unpaired) electrons. The molecule has 0 unspecified atom stereocenters. The first-order chi connectivity index (χ1) is 20.7. The molecule has 0 aliphatic heterocycles. The van der Waals surface area contributed by atoms with Gasteiger partial charge >= 0.3 is 12.0 Å². The second kappa shape index (κ2) is 15.1. The third kappa shape index (κ3) is 8.96. The summed E-state index contributed by atoms with van der Waals surface area (Å²) in [5, 5.41) is 14.8. The molecule has 226 valence electrons. The Bertz CT molecular complexity index is 1460. The largest absolute Gasteiger partial charge is 0.482 e. The molecule has 0 atom stereocenters. The minimum Gasteiger partial charge on any atom is -0.482 e. The number of likely N-dealkylation sites (N-methyl/N-ethyl adjacent to an activating group) is 1. The number of hydrogen-bond donors (Lipinski definition) is 3. The van der Waals surface area contributed by atoms with Gasteiger partial charge in [-0.2, -0.15) is 0 Å². The molecule has 10 nitrogen and oxygen atoms in total. The second-order valence-electron chi connectivity index (χ2n) is 10.4. The predicted octanol–water partition coefficient (Wildman–Crippen LogP) is 5.82. The van der Waals surface area contributed by atoms with Crippen molar-refractivity contribution in [2.45, 2.75) is 32.1 Å². The predicted molar refractivity (Wildman–Crippen MR) is 166 cm³/mol. The molecule has 1 fully saturated rings. The van der Waals surface area contributed by atoms with E-state index < -0.39 is 12.0 Å². The zero-order valence-corrected chi connectivity index (χ0v) is 24.7. The van der Waals surface area contributed by atoms with Gasteiger partial charge in [-0.25, -0.2) is 9.59 Å². The van der Waals surface area contributed by atoms with Gasteiger partial charge in [0, 0.05) is 30.0 Å². The standard InChI is InChI=1S/C32H35ClN4O6/c1-36(26-14-8-12-24(33)18-26)30(39)21-43-28-16-6-5-15-27(28)37(20-22-9-3-2-4-10-22)29(38)19-34-32(42)35-25-13-7-11-23(17-25)31(40)41/h5-8,11-18,22H,2-4,9-10,19-21H2,1H3,(H,40,41)(H2,34,35,42). The van der Waals surface area contributed by atoms with Crippen LogP contribution in [0.5, 0.6) is 5.75 Å². The highest BCUT2D eigenvalue weighted by Crippen LogP contribution is 2.32. The van der Waals surface area contributed by atoms with Crippen LogP contribution in [0.4, 0.5) is 21.9 Å². The number of para-hydroxylation sites is 2. The highest BCUT2D eigenvalue weighted by atomic mass is 35.5. The van der Waals surface area contributed by atoms with E-state index in [2.05, 4.69) is 10.6 Å². The summed E-state index contributed by atoms with van der Waals surface area (Å²) in [5.74, 6) is -1.11. The lowest BCUT2D eigenvalue weighted by atomic mass is 9.89. The third-order valence-electron chi connectivity index (χ3n) is 7.31. The number of nitrogens with one attached hydrogen (secondary N) is 2. The fourth-order valence-corrected chi connectivity index (χ4v) is 5.17. The summed E-state index contributed by atoms with van der Waals surface area (Å²) >= 11 is 6.08. The van der Waals surface area contributed by atoms with Crippen LogP contribution in [-0.4, -0.2) is 55.7 Å². The minimum absolute atomic E-state index is 0.0291. The van der Waals surface area contributed by atoms with E-state index in [4.69, 9.17) is 16.3 Å². The van der Waals surface area contributed by atoms with Gasteiger partial charge in [0.2, 0.25) is 5.91 Å². The van der Waals surface area contributed by atoms with E-state index >= 15 is 0 Å². The molecular weight excluding hydrogens is 572 g/mol. The molecule has 1 aliphatic rings. The van der Waals surface area contributed by atoms with Gasteiger partial charge in [0.05, 0.1) is 17.8 Å². The number of amides is 4. The van der Waals surface area contributed by atoms with Gasteiger partial charge in [-0.1, -0.05) is 55.1 Å². The van der Waals surface area contributed by atoms with Crippen LogP contribution in [0.3, 0.4) is 0 Å². The summed E-state index contributed by atoms with van der Waals surface area (Å²) in [7, 11) is 1.64. The van der Waals surface area contributed by atoms with Crippen molar-refractivity contribution in [3.63, 3.8) is 0 Å². The fourth-order valence-electron chi connectivity index (χ4n) is 4.99. The normalized spacial score (nSPS) is 13.1. The molecule has 3 N–H and O–H groups in total. The number of anilines is 3. The van der Waals surface area contributed by atoms with E-state index in [1.54, 1.807) is 66.5 Å². The number of carbonyl (C=O) groups is 4. The number of benzene rings is 3. The molecule has 0 spiro atoms. The average molecular weight is 607 g/mol. The van der Waals surface area contributed by atoms with Crippen molar-refractivity contribution in [1.29, 1.82) is 0 Å². The third-order valence-corrected chi connectivity index (χ3v) is 7.55. The van der Waals surface area contributed by atoms with Gasteiger partial charge in [0.15, 0.2) is 6.61 Å². The molecule has 3 aromatic rings. The molecule has 4 amide bonds. The zero-order chi connectivity index (χ0) is 30.8. The molecular formula is C32H35ClN4O6. The molecule has 1 aliphatic carbocycles. The summed E-state index contributed by atoms with van der Waals surface area (Å²) < 4.78 is 5.96. The number of rotatable bonds is 11. The van der Waals surface area contributed by atoms with Gasteiger partial charge in [-0.15, -0.1) is 0 Å². The second-order valence-corrected chi connectivity index (χ2v) is 10.8. The molecule has 3 aromatic carbocycles. The molecule has 43 heavy (non-hydrogen) atoms. The maximum Gasteiger partial charge on any atom is 0.335 e. The Kier molecular flexibility index (Phi) is 11.0. The summed E-state index contributed by atoms with van der Waals surface area (Å²) in [6.45, 7) is -0.122. The van der Waals surface area contributed by atoms with Gasteiger partial charge in [-0.3, -0.25) is 9.59 Å². The summed E-state index contributed by atoms with van der Waals surface area (Å²) in [4.78, 5) is 53.4. The SMILES string of the molecule is CN(C(=O)COc1ccccc1N(CC1CCCCC1)C(=O)CNC(=O)Nc1cccc(C(=O)O)c1)c1cccc(Cl)c1. The number of carbonyl (C=O) groups excluding carboxylic acids is 3. The van der Waals surface area contributed by atoms with Crippen molar-refractivity contribution < 1.29 is 29.0 Å². The number of urea groups is 1. The maximum atomic E-state index is 13.6. The average Bonchev–Trinajstić information content (AvgIpc) is 3.01. The minimum atomic E-state index is -1.11. The Labute approximate surface area is 255 Å². The summed E-state index contributed by atoms with van der Waals surface area (Å²) in [6, 6.07) is 19.1. The van der Waals surface area contributed by atoms with Gasteiger partial charge in [0.1, 0.15) is 5.75 Å². The fraction of sp³-hybridized carbons (Fsp3) is 0.312. The van der Waals surface area contributed by atoms with Crippen LogP contribution in [0.1, 0.15) is 42.5 Å². The molecule has 0 saturated heterocycles. The van der Waals surface area contributed by atoms with Crippen molar-refractivity contribution in [3.05, 3.63) is 83.4 Å². The first-order valence-corrected chi connectivity index (χ1v) is 14.5. The lowest BCUT2D eigenvalue weighted by Crippen LogP contribution is -2.44. The lowest BCUT2D eigenvalue weighted by molar-refractivity contribution is -0.120. The number of carboxylic acid groups (broad SMARTS) is 1. The molecule has 1 saturated carbocycles. The lowest BCUT2D eigenvalue weighted by Gasteiger charge is -2.31. The van der Waals surface area contributed by atoms with Crippen LogP contribution >= 0.6 is 11.6 Å². The molecule has 0 bridgehead atoms. The van der Waals surface area contributed by atoms with E-state index in [9.17, 15) is 24.3 Å². The van der Waals surface area contributed by atoms with E-state index in [-0.39, 0.29) is 42.1 Å². The Morgan fingerprint density at radius 1 is 0.930 bits per heavy atom. The van der Waals surface area contributed by atoms with Gasteiger partial charge < -0.3 is 30.3 Å². The first-order valence-electron chi connectivity index (χ1n) is 14.1. The van der Waals surface area contributed by atoms with E-state index in [0.29, 0.717) is 28.7 Å². The van der Waals surface area contributed by atoms with Gasteiger partial charge in [-0.05, 0) is 67.3 Å². The van der Waals surface area contributed by atoms with Crippen molar-refractivity contribution >= 4 is 52.5 Å². The van der Waals surface area contributed by atoms with Crippen LogP contribution in [0.15, 0.2) is 72.8 Å². The van der Waals surface area contributed by atoms with Crippen molar-refractivity contribution in [3.8, 4) is 5.75 Å². The topological polar surface area (TPSA) is 128 Å². The van der Waals surface area contributed by atoms with Crippen LogP contribution in [-0.2, 0) is 9.59 Å². The zero-order valence-electron chi connectivity index (χ0n) is 23.9. The molecule has 0 heterocycles. The number of halogens is 1. The molecule has 4 rings (SSSR count). The molecule has 11 heteroatoms. The van der Waals surface area contributed by atoms with Crippen LogP contribution in [0.25, 0.3) is 0 Å². The molecule has 0 aromatic heterocycles. The number of ether oxygens (including phenoxy) is 1. The quantitative estimate of drug-likeness (QED) is 0.252. The highest BCUT2D eigenvalue weighted by molar-refractivity contribution is 6.30. The number of carboxylic acids is 1. The van der Waals surface area contributed by atoms with Crippen molar-refractivity contribution in [2.24, 2.45) is 5.92 Å². The maximum absolute atomic E-state index is 13.6. The van der Waals surface area contributed by atoms with Crippen LogP contribution in [0.2, 0.25) is 5.02 Å². The monoisotopic (exact) mass is 606 g/mol. The van der Waals surface area contributed by atoms with Crippen LogP contribution < -0.4 is 25.2 Å². The Balaban J connectivity index is 1.46. The smallest absolute Gasteiger partial charge is 0.335 e. The van der Waals surface area contributed by atoms with E-state index in [1.165, 1.54) is 23.1 Å². The Morgan fingerprint density at radius 3 is 2.42 bits per heavy atom. The Morgan fingerprint density at radius 2 is 1.67 bits per heavy atom. The van der Waals surface area contributed by atoms with Gasteiger partial charge in [0.25, 0.3) is 5.91 Å². The van der Waals surface area contributed by atoms with Crippen LogP contribution in [0, 0.1) is 5.92 Å². The van der Waals surface area contributed by atoms with E-state index in [0.717, 1.165) is 32.1 Å².